The van der Waals surface area contributed by atoms with E-state index in [0.29, 0.717) is 10.0 Å². The van der Waals surface area contributed by atoms with Crippen LogP contribution in [0.2, 0.25) is 0 Å². The maximum Gasteiger partial charge on any atom is 0.354 e. The third-order valence-corrected chi connectivity index (χ3v) is 3.19. The Morgan fingerprint density at radius 3 is 2.62 bits per heavy atom. The molecule has 0 saturated carbocycles. The Hall–Kier alpha value is -2.41. The highest BCUT2D eigenvalue weighted by Crippen LogP contribution is 2.21. The van der Waals surface area contributed by atoms with Gasteiger partial charge in [0.15, 0.2) is 0 Å². The number of nitrogens with one attached hydrogen (secondary N) is 1. The number of hydrogen-bond acceptors (Lipinski definition) is 4. The fraction of sp³-hybridized carbons (Fsp3) is 0.0714. The number of pyridine rings is 1. The van der Waals surface area contributed by atoms with Gasteiger partial charge in [-0.15, -0.1) is 0 Å². The van der Waals surface area contributed by atoms with Crippen molar-refractivity contribution in [2.45, 2.75) is 6.54 Å². The first-order valence-electron chi connectivity index (χ1n) is 5.92. The van der Waals surface area contributed by atoms with Gasteiger partial charge < -0.3 is 15.5 Å². The number of nitrogens with zero attached hydrogens (tertiary/aromatic N) is 1. The number of carboxylic acids is 1. The van der Waals surface area contributed by atoms with Gasteiger partial charge in [0.2, 0.25) is 0 Å². The van der Waals surface area contributed by atoms with E-state index in [1.807, 2.05) is 0 Å². The van der Waals surface area contributed by atoms with Gasteiger partial charge in [-0.05, 0) is 29.8 Å². The van der Waals surface area contributed by atoms with E-state index >= 15 is 0 Å². The summed E-state index contributed by atoms with van der Waals surface area (Å²) in [5, 5.41) is 21.0. The first-order chi connectivity index (χ1) is 9.97. The Labute approximate surface area is 128 Å². The van der Waals surface area contributed by atoms with Crippen LogP contribution < -0.4 is 5.32 Å². The Balaban J connectivity index is 2.04. The zero-order chi connectivity index (χ0) is 15.4. The summed E-state index contributed by atoms with van der Waals surface area (Å²) in [5.41, 5.74) is 0.747. The smallest absolute Gasteiger partial charge is 0.354 e. The molecule has 0 aliphatic heterocycles. The van der Waals surface area contributed by atoms with Crippen molar-refractivity contribution >= 4 is 27.8 Å². The zero-order valence-corrected chi connectivity index (χ0v) is 12.3. The lowest BCUT2D eigenvalue weighted by atomic mass is 10.2. The van der Waals surface area contributed by atoms with Crippen molar-refractivity contribution < 1.29 is 19.8 Å². The van der Waals surface area contributed by atoms with Crippen molar-refractivity contribution in [3.63, 3.8) is 0 Å². The fourth-order valence-corrected chi connectivity index (χ4v) is 1.98. The minimum Gasteiger partial charge on any atom is -0.507 e. The maximum atomic E-state index is 12.0. The van der Waals surface area contributed by atoms with E-state index in [1.165, 1.54) is 24.4 Å². The molecule has 7 heteroatoms. The van der Waals surface area contributed by atoms with Gasteiger partial charge in [-0.2, -0.15) is 0 Å². The van der Waals surface area contributed by atoms with Gasteiger partial charge in [0.25, 0.3) is 5.91 Å². The lowest BCUT2D eigenvalue weighted by Crippen LogP contribution is -2.23. The van der Waals surface area contributed by atoms with Gasteiger partial charge in [-0.1, -0.05) is 22.0 Å². The predicted octanol–water partition coefficient (Wildman–Crippen LogP) is 2.18. The molecule has 1 amide bonds. The first kappa shape index (κ1) is 15.0. The van der Waals surface area contributed by atoms with E-state index in [9.17, 15) is 14.7 Å². The molecule has 0 saturated heterocycles. The average molecular weight is 351 g/mol. The van der Waals surface area contributed by atoms with Crippen LogP contribution in [-0.4, -0.2) is 27.1 Å². The molecule has 3 N–H and O–H groups in total. The maximum absolute atomic E-state index is 12.0. The number of phenols is 1. The van der Waals surface area contributed by atoms with Crippen molar-refractivity contribution in [1.29, 1.82) is 0 Å². The number of aromatic carboxylic acids is 1. The number of aromatic hydroxyl groups is 1. The van der Waals surface area contributed by atoms with Crippen LogP contribution >= 0.6 is 15.9 Å². The van der Waals surface area contributed by atoms with Crippen LogP contribution in [0.1, 0.15) is 26.4 Å². The summed E-state index contributed by atoms with van der Waals surface area (Å²) in [6, 6.07) is 7.48. The molecule has 0 radical (unpaired) electrons. The number of hydrogen-bond donors (Lipinski definition) is 3. The van der Waals surface area contributed by atoms with Crippen molar-refractivity contribution in [3.05, 3.63) is 57.8 Å². The quantitative estimate of drug-likeness (QED) is 0.784. The molecule has 0 atom stereocenters. The third-order valence-electron chi connectivity index (χ3n) is 2.70. The van der Waals surface area contributed by atoms with E-state index in [-0.39, 0.29) is 23.6 Å². The Bertz CT molecular complexity index is 686. The number of carbonyl (C=O) groups is 2. The molecule has 6 nitrogen and oxygen atoms in total. The van der Waals surface area contributed by atoms with E-state index in [2.05, 4.69) is 26.2 Å². The molecule has 0 aliphatic rings. The molecule has 0 bridgehead atoms. The van der Waals surface area contributed by atoms with Crippen LogP contribution in [0.3, 0.4) is 0 Å². The highest BCUT2D eigenvalue weighted by atomic mass is 79.9. The minimum atomic E-state index is -1.11. The SMILES string of the molecule is O=C(O)c1ccc(CNC(=O)c2cc(Br)ccc2O)cn1. The zero-order valence-electron chi connectivity index (χ0n) is 10.7. The molecule has 2 rings (SSSR count). The second kappa shape index (κ2) is 6.36. The number of phenolic OH excluding ortho intramolecular Hbond substituents is 1. The number of carbonyl (C=O) groups excluding carboxylic acids is 1. The summed E-state index contributed by atoms with van der Waals surface area (Å²) in [6.45, 7) is 0.178. The molecule has 1 heterocycles. The van der Waals surface area contributed by atoms with Crippen LogP contribution in [0.5, 0.6) is 5.75 Å². The second-order valence-corrected chi connectivity index (χ2v) is 5.12. The summed E-state index contributed by atoms with van der Waals surface area (Å²) in [4.78, 5) is 26.4. The Morgan fingerprint density at radius 2 is 2.00 bits per heavy atom. The predicted molar refractivity (Wildman–Crippen MR) is 78.2 cm³/mol. The molecule has 0 unspecified atom stereocenters. The largest absolute Gasteiger partial charge is 0.507 e. The van der Waals surface area contributed by atoms with E-state index in [0.717, 1.165) is 0 Å². The first-order valence-corrected chi connectivity index (χ1v) is 6.71. The fourth-order valence-electron chi connectivity index (χ4n) is 1.62. The number of amides is 1. The van der Waals surface area contributed by atoms with Crippen molar-refractivity contribution in [2.75, 3.05) is 0 Å². The molecule has 1 aromatic carbocycles. The molecule has 2 aromatic rings. The lowest BCUT2D eigenvalue weighted by molar-refractivity contribution is 0.0690. The summed E-state index contributed by atoms with van der Waals surface area (Å²) < 4.78 is 0.679. The number of rotatable bonds is 4. The number of benzene rings is 1. The van der Waals surface area contributed by atoms with E-state index < -0.39 is 11.9 Å². The summed E-state index contributed by atoms with van der Waals surface area (Å²) >= 11 is 3.23. The molecular formula is C14H11BrN2O4. The van der Waals surface area contributed by atoms with Gasteiger partial charge in [0, 0.05) is 17.2 Å². The van der Waals surface area contributed by atoms with Crippen LogP contribution in [-0.2, 0) is 6.54 Å². The van der Waals surface area contributed by atoms with Gasteiger partial charge in [-0.3, -0.25) is 4.79 Å². The number of halogens is 1. The molecular weight excluding hydrogens is 340 g/mol. The molecule has 21 heavy (non-hydrogen) atoms. The number of aromatic nitrogens is 1. The summed E-state index contributed by atoms with van der Waals surface area (Å²) in [7, 11) is 0. The Morgan fingerprint density at radius 1 is 1.24 bits per heavy atom. The van der Waals surface area contributed by atoms with E-state index in [4.69, 9.17) is 5.11 Å². The van der Waals surface area contributed by atoms with Crippen molar-refractivity contribution in [3.8, 4) is 5.75 Å². The summed E-state index contributed by atoms with van der Waals surface area (Å²) in [5.74, 6) is -1.66. The van der Waals surface area contributed by atoms with Crippen LogP contribution in [0.4, 0.5) is 0 Å². The highest BCUT2D eigenvalue weighted by Gasteiger charge is 2.11. The monoisotopic (exact) mass is 350 g/mol. The topological polar surface area (TPSA) is 99.5 Å². The lowest BCUT2D eigenvalue weighted by Gasteiger charge is -2.07. The van der Waals surface area contributed by atoms with Crippen LogP contribution in [0.25, 0.3) is 0 Å². The van der Waals surface area contributed by atoms with Gasteiger partial charge in [0.1, 0.15) is 11.4 Å². The van der Waals surface area contributed by atoms with Crippen molar-refractivity contribution in [1.82, 2.24) is 10.3 Å². The highest BCUT2D eigenvalue weighted by molar-refractivity contribution is 9.10. The molecule has 0 spiro atoms. The van der Waals surface area contributed by atoms with Crippen molar-refractivity contribution in [2.24, 2.45) is 0 Å². The minimum absolute atomic E-state index is 0.0605. The molecule has 0 fully saturated rings. The van der Waals surface area contributed by atoms with Crippen LogP contribution in [0, 0.1) is 0 Å². The normalized spacial score (nSPS) is 10.1. The molecule has 1 aromatic heterocycles. The Kier molecular flexibility index (Phi) is 4.54. The van der Waals surface area contributed by atoms with Gasteiger partial charge in [0.05, 0.1) is 5.56 Å². The average Bonchev–Trinajstić information content (AvgIpc) is 2.47. The summed E-state index contributed by atoms with van der Waals surface area (Å²) in [6.07, 6.45) is 1.38. The van der Waals surface area contributed by atoms with E-state index in [1.54, 1.807) is 12.1 Å². The van der Waals surface area contributed by atoms with Crippen LogP contribution in [0.15, 0.2) is 41.0 Å². The van der Waals surface area contributed by atoms with Gasteiger partial charge >= 0.3 is 5.97 Å². The number of carboxylic acid groups (broad SMARTS) is 1. The van der Waals surface area contributed by atoms with Gasteiger partial charge in [-0.25, -0.2) is 9.78 Å². The standard InChI is InChI=1S/C14H11BrN2O4/c15-9-2-4-12(18)10(5-9)13(19)17-7-8-1-3-11(14(20)21)16-6-8/h1-6,18H,7H2,(H,17,19)(H,20,21). The third kappa shape index (κ3) is 3.79. The molecule has 108 valence electrons. The molecule has 0 aliphatic carbocycles. The second-order valence-electron chi connectivity index (χ2n) is 4.20.